The van der Waals surface area contributed by atoms with Gasteiger partial charge in [0, 0.05) is 16.2 Å². The molecular formula is C14H22N2O2S. The Balaban J connectivity index is 1.56. The van der Waals surface area contributed by atoms with Gasteiger partial charge in [-0.1, -0.05) is 0 Å². The highest BCUT2D eigenvalue weighted by Crippen LogP contribution is 2.14. The summed E-state index contributed by atoms with van der Waals surface area (Å²) in [5.41, 5.74) is 0. The molecule has 106 valence electrons. The molecule has 1 aliphatic rings. The Morgan fingerprint density at radius 1 is 1.47 bits per heavy atom. The van der Waals surface area contributed by atoms with Crippen molar-refractivity contribution >= 4 is 17.2 Å². The SMILES string of the molecule is Cc1ccc(CNC(=O)CCOC2CCNCC2)s1. The predicted molar refractivity (Wildman–Crippen MR) is 77.4 cm³/mol. The summed E-state index contributed by atoms with van der Waals surface area (Å²) in [6.45, 7) is 5.27. The van der Waals surface area contributed by atoms with Gasteiger partial charge in [-0.3, -0.25) is 4.79 Å². The molecule has 19 heavy (non-hydrogen) atoms. The highest BCUT2D eigenvalue weighted by atomic mass is 32.1. The number of thiophene rings is 1. The number of rotatable bonds is 6. The number of carbonyl (C=O) groups is 1. The molecular weight excluding hydrogens is 260 g/mol. The van der Waals surface area contributed by atoms with E-state index in [1.54, 1.807) is 11.3 Å². The van der Waals surface area contributed by atoms with Crippen molar-refractivity contribution in [3.63, 3.8) is 0 Å². The average Bonchev–Trinajstić information content (AvgIpc) is 2.83. The average molecular weight is 282 g/mol. The fourth-order valence-electron chi connectivity index (χ4n) is 2.13. The lowest BCUT2D eigenvalue weighted by molar-refractivity contribution is -0.122. The number of hydrogen-bond acceptors (Lipinski definition) is 4. The van der Waals surface area contributed by atoms with E-state index in [0.717, 1.165) is 25.9 Å². The van der Waals surface area contributed by atoms with E-state index in [-0.39, 0.29) is 5.91 Å². The van der Waals surface area contributed by atoms with Crippen molar-refractivity contribution in [2.24, 2.45) is 0 Å². The molecule has 0 spiro atoms. The quantitative estimate of drug-likeness (QED) is 0.837. The molecule has 2 heterocycles. The number of aryl methyl sites for hydroxylation is 1. The third-order valence-electron chi connectivity index (χ3n) is 3.22. The van der Waals surface area contributed by atoms with Crippen molar-refractivity contribution in [3.8, 4) is 0 Å². The molecule has 0 unspecified atom stereocenters. The standard InChI is InChI=1S/C14H22N2O2S/c1-11-2-3-13(19-11)10-16-14(17)6-9-18-12-4-7-15-8-5-12/h2-3,12,15H,4-10H2,1H3,(H,16,17). The Kier molecular flexibility index (Phi) is 5.82. The van der Waals surface area contributed by atoms with Crippen molar-refractivity contribution in [2.45, 2.75) is 38.8 Å². The summed E-state index contributed by atoms with van der Waals surface area (Å²) in [4.78, 5) is 14.1. The Labute approximate surface area is 118 Å². The number of nitrogens with one attached hydrogen (secondary N) is 2. The number of ether oxygens (including phenoxy) is 1. The second-order valence-corrected chi connectivity index (χ2v) is 6.23. The van der Waals surface area contributed by atoms with E-state index in [1.165, 1.54) is 9.75 Å². The van der Waals surface area contributed by atoms with Crippen molar-refractivity contribution < 1.29 is 9.53 Å². The van der Waals surface area contributed by atoms with E-state index in [4.69, 9.17) is 4.74 Å². The molecule has 2 rings (SSSR count). The van der Waals surface area contributed by atoms with Crippen LogP contribution in [0.3, 0.4) is 0 Å². The third-order valence-corrected chi connectivity index (χ3v) is 4.23. The second-order valence-electron chi connectivity index (χ2n) is 4.86. The molecule has 0 aromatic carbocycles. The lowest BCUT2D eigenvalue weighted by Gasteiger charge is -2.22. The minimum atomic E-state index is 0.0694. The summed E-state index contributed by atoms with van der Waals surface area (Å²) in [6, 6.07) is 4.14. The molecule has 1 aromatic rings. The molecule has 4 nitrogen and oxygen atoms in total. The number of carbonyl (C=O) groups excluding carboxylic acids is 1. The molecule has 1 aromatic heterocycles. The highest BCUT2D eigenvalue weighted by Gasteiger charge is 2.13. The first-order valence-electron chi connectivity index (χ1n) is 6.88. The summed E-state index contributed by atoms with van der Waals surface area (Å²) < 4.78 is 5.71. The first kappa shape index (κ1) is 14.5. The molecule has 0 atom stereocenters. The molecule has 1 aliphatic heterocycles. The molecule has 2 N–H and O–H groups in total. The van der Waals surface area contributed by atoms with Crippen molar-refractivity contribution in [1.29, 1.82) is 0 Å². The smallest absolute Gasteiger partial charge is 0.222 e. The fourth-order valence-corrected chi connectivity index (χ4v) is 2.96. The largest absolute Gasteiger partial charge is 0.378 e. The summed E-state index contributed by atoms with van der Waals surface area (Å²) in [5, 5.41) is 6.23. The van der Waals surface area contributed by atoms with E-state index < -0.39 is 0 Å². The van der Waals surface area contributed by atoms with Gasteiger partial charge in [0.1, 0.15) is 0 Å². The van der Waals surface area contributed by atoms with E-state index >= 15 is 0 Å². The van der Waals surface area contributed by atoms with Gasteiger partial charge in [0.25, 0.3) is 0 Å². The Bertz CT molecular complexity index is 400. The molecule has 1 amide bonds. The van der Waals surface area contributed by atoms with Crippen LogP contribution in [-0.4, -0.2) is 31.7 Å². The molecule has 5 heteroatoms. The first-order chi connectivity index (χ1) is 9.24. The van der Waals surface area contributed by atoms with Gasteiger partial charge in [-0.2, -0.15) is 0 Å². The van der Waals surface area contributed by atoms with Crippen LogP contribution in [0.15, 0.2) is 12.1 Å². The maximum absolute atomic E-state index is 11.7. The van der Waals surface area contributed by atoms with Gasteiger partial charge in [-0.15, -0.1) is 11.3 Å². The lowest BCUT2D eigenvalue weighted by Crippen LogP contribution is -2.33. The first-order valence-corrected chi connectivity index (χ1v) is 7.70. The lowest BCUT2D eigenvalue weighted by atomic mass is 10.1. The molecule has 1 saturated heterocycles. The van der Waals surface area contributed by atoms with Crippen LogP contribution < -0.4 is 10.6 Å². The van der Waals surface area contributed by atoms with Crippen molar-refractivity contribution in [3.05, 3.63) is 21.9 Å². The number of piperidine rings is 1. The topological polar surface area (TPSA) is 50.4 Å². The van der Waals surface area contributed by atoms with Crippen LogP contribution in [0.5, 0.6) is 0 Å². The summed E-state index contributed by atoms with van der Waals surface area (Å²) >= 11 is 1.72. The van der Waals surface area contributed by atoms with Crippen LogP contribution in [0, 0.1) is 6.92 Å². The minimum absolute atomic E-state index is 0.0694. The monoisotopic (exact) mass is 282 g/mol. The van der Waals surface area contributed by atoms with Crippen LogP contribution >= 0.6 is 11.3 Å². The number of hydrogen-bond donors (Lipinski definition) is 2. The van der Waals surface area contributed by atoms with Crippen LogP contribution in [0.25, 0.3) is 0 Å². The van der Waals surface area contributed by atoms with Gasteiger partial charge in [0.15, 0.2) is 0 Å². The third kappa shape index (κ3) is 5.30. The summed E-state index contributed by atoms with van der Waals surface area (Å²) in [5.74, 6) is 0.0694. The fraction of sp³-hybridized carbons (Fsp3) is 0.643. The highest BCUT2D eigenvalue weighted by molar-refractivity contribution is 7.11. The zero-order chi connectivity index (χ0) is 13.5. The van der Waals surface area contributed by atoms with Gasteiger partial charge < -0.3 is 15.4 Å². The summed E-state index contributed by atoms with van der Waals surface area (Å²) in [7, 11) is 0. The molecule has 0 aliphatic carbocycles. The van der Waals surface area contributed by atoms with Crippen LogP contribution in [0.2, 0.25) is 0 Å². The van der Waals surface area contributed by atoms with E-state index in [2.05, 4.69) is 29.7 Å². The van der Waals surface area contributed by atoms with Gasteiger partial charge in [-0.25, -0.2) is 0 Å². The molecule has 0 radical (unpaired) electrons. The van der Waals surface area contributed by atoms with Gasteiger partial charge >= 0.3 is 0 Å². The Morgan fingerprint density at radius 2 is 2.26 bits per heavy atom. The molecule has 1 fully saturated rings. The Hall–Kier alpha value is -0.910. The van der Waals surface area contributed by atoms with Gasteiger partial charge in [0.05, 0.1) is 19.3 Å². The van der Waals surface area contributed by atoms with Gasteiger partial charge in [-0.05, 0) is 45.0 Å². The normalized spacial score (nSPS) is 16.5. The number of amides is 1. The van der Waals surface area contributed by atoms with Crippen molar-refractivity contribution in [1.82, 2.24) is 10.6 Å². The van der Waals surface area contributed by atoms with E-state index in [9.17, 15) is 4.79 Å². The zero-order valence-electron chi connectivity index (χ0n) is 11.4. The minimum Gasteiger partial charge on any atom is -0.378 e. The van der Waals surface area contributed by atoms with Crippen molar-refractivity contribution in [2.75, 3.05) is 19.7 Å². The zero-order valence-corrected chi connectivity index (χ0v) is 12.2. The summed E-state index contributed by atoms with van der Waals surface area (Å²) in [6.07, 6.45) is 2.88. The predicted octanol–water partition coefficient (Wildman–Crippen LogP) is 1.83. The maximum atomic E-state index is 11.7. The van der Waals surface area contributed by atoms with Crippen LogP contribution in [0.1, 0.15) is 29.0 Å². The maximum Gasteiger partial charge on any atom is 0.222 e. The molecule has 0 saturated carbocycles. The van der Waals surface area contributed by atoms with Gasteiger partial charge in [0.2, 0.25) is 5.91 Å². The van der Waals surface area contributed by atoms with E-state index in [0.29, 0.717) is 25.7 Å². The van der Waals surface area contributed by atoms with Crippen LogP contribution in [-0.2, 0) is 16.1 Å². The second kappa shape index (κ2) is 7.62. The molecule has 0 bridgehead atoms. The van der Waals surface area contributed by atoms with Crippen LogP contribution in [0.4, 0.5) is 0 Å². The van der Waals surface area contributed by atoms with E-state index in [1.807, 2.05) is 0 Å². The Morgan fingerprint density at radius 3 is 2.95 bits per heavy atom.